The number of halogens is 2. The lowest BCUT2D eigenvalue weighted by Crippen LogP contribution is -2.47. The number of nitrogens with one attached hydrogen (secondary N) is 2. The topological polar surface area (TPSA) is 102 Å². The number of rotatable bonds is 8. The van der Waals surface area contributed by atoms with Crippen LogP contribution in [0, 0.1) is 11.6 Å². The number of anilines is 2. The Bertz CT molecular complexity index is 1300. The summed E-state index contributed by atoms with van der Waals surface area (Å²) in [5.41, 5.74) is 1.47. The summed E-state index contributed by atoms with van der Waals surface area (Å²) in [5.74, 6) is -3.10. The zero-order chi connectivity index (χ0) is 26.9. The number of hydrogen-bond donors (Lipinski definition) is 3. The predicted octanol–water partition coefficient (Wildman–Crippen LogP) is 3.58. The second-order valence-corrected chi connectivity index (χ2v) is 10.1. The number of H-pyrrole nitrogens is 1. The fourth-order valence-electron chi connectivity index (χ4n) is 5.47. The van der Waals surface area contributed by atoms with Gasteiger partial charge in [0, 0.05) is 29.3 Å². The van der Waals surface area contributed by atoms with E-state index < -0.39 is 36.1 Å². The highest BCUT2D eigenvalue weighted by Crippen LogP contribution is 2.43. The molecule has 1 saturated carbocycles. The van der Waals surface area contributed by atoms with Gasteiger partial charge in [-0.05, 0) is 63.4 Å². The molecule has 0 unspecified atom stereocenters. The van der Waals surface area contributed by atoms with E-state index in [1.54, 1.807) is 6.07 Å². The number of piperidine rings is 1. The number of carbonyl (C=O) groups excluding carboxylic acids is 2. The molecule has 0 radical (unpaired) electrons. The molecule has 1 atom stereocenters. The quantitative estimate of drug-likeness (QED) is 0.419. The third-order valence-electron chi connectivity index (χ3n) is 7.73. The van der Waals surface area contributed by atoms with Crippen LogP contribution >= 0.6 is 0 Å². The smallest absolute Gasteiger partial charge is 0.253 e. The largest absolute Gasteiger partial charge is 0.387 e. The predicted molar refractivity (Wildman–Crippen MR) is 139 cm³/mol. The summed E-state index contributed by atoms with van der Waals surface area (Å²) >= 11 is 0. The Morgan fingerprint density at radius 2 is 1.87 bits per heavy atom. The zero-order valence-electron chi connectivity index (χ0n) is 21.2. The van der Waals surface area contributed by atoms with Gasteiger partial charge in [-0.2, -0.15) is 5.10 Å². The van der Waals surface area contributed by atoms with Gasteiger partial charge in [0.15, 0.2) is 5.82 Å². The first-order valence-corrected chi connectivity index (χ1v) is 12.9. The molecule has 38 heavy (non-hydrogen) atoms. The minimum absolute atomic E-state index is 0.271. The van der Waals surface area contributed by atoms with E-state index in [0.29, 0.717) is 12.1 Å². The second kappa shape index (κ2) is 10.6. The summed E-state index contributed by atoms with van der Waals surface area (Å²) in [6.45, 7) is 2.40. The number of hydrogen-bond acceptors (Lipinski definition) is 5. The minimum Gasteiger partial charge on any atom is -0.387 e. The fraction of sp³-hybridized carbons (Fsp3) is 0.393. The van der Waals surface area contributed by atoms with E-state index in [1.165, 1.54) is 25.3 Å². The molecular formula is C28H31F2N5O3. The van der Waals surface area contributed by atoms with E-state index in [1.807, 2.05) is 18.2 Å². The number of aliphatic hydroxyl groups excluding tert-OH is 1. The highest BCUT2D eigenvalue weighted by molar-refractivity contribution is 6.04. The average molecular weight is 524 g/mol. The molecule has 3 aromatic rings. The molecule has 0 bridgehead atoms. The Hall–Kier alpha value is -3.63. The summed E-state index contributed by atoms with van der Waals surface area (Å²) in [6.07, 6.45) is 4.33. The van der Waals surface area contributed by atoms with Crippen LogP contribution in [0.25, 0.3) is 0 Å². The molecule has 1 aliphatic carbocycles. The van der Waals surface area contributed by atoms with Crippen LogP contribution in [0.1, 0.15) is 43.9 Å². The van der Waals surface area contributed by atoms with Gasteiger partial charge in [0.2, 0.25) is 5.91 Å². The van der Waals surface area contributed by atoms with Crippen LogP contribution in [0.2, 0.25) is 0 Å². The number of aromatic nitrogens is 2. The van der Waals surface area contributed by atoms with Crippen LogP contribution in [0.3, 0.4) is 0 Å². The first-order valence-electron chi connectivity index (χ1n) is 12.9. The van der Waals surface area contributed by atoms with Gasteiger partial charge in [0.1, 0.15) is 24.3 Å². The molecule has 1 saturated heterocycles. The second-order valence-electron chi connectivity index (χ2n) is 10.1. The Morgan fingerprint density at radius 3 is 2.50 bits per heavy atom. The van der Waals surface area contributed by atoms with Crippen molar-refractivity contribution in [1.82, 2.24) is 15.1 Å². The third-order valence-corrected chi connectivity index (χ3v) is 7.73. The van der Waals surface area contributed by atoms with Gasteiger partial charge in [-0.1, -0.05) is 30.3 Å². The first-order chi connectivity index (χ1) is 18.3. The number of aromatic amines is 1. The third kappa shape index (κ3) is 5.06. The fourth-order valence-corrected chi connectivity index (χ4v) is 5.47. The minimum atomic E-state index is -1.21. The standard InChI is InChI=1S/C28H31F2N5O3/c1-18(35(26(37)17-36)23-10-7-20(29)15-22(23)30)27(38)31-25-16-24(32-33-25)28(19-5-3-2-4-6-19)11-13-34(14-12-28)21-8-9-21/h2-7,10,15-16,18,21,36H,8-9,11-14,17H2,1H3,(H2,31,32,33,38)/t18-/m0/s1. The number of aliphatic hydroxyl groups is 1. The molecule has 8 nitrogen and oxygen atoms in total. The van der Waals surface area contributed by atoms with Crippen molar-refractivity contribution in [3.8, 4) is 0 Å². The Kier molecular flexibility index (Phi) is 7.27. The number of benzene rings is 2. The van der Waals surface area contributed by atoms with Crippen LogP contribution in [0.4, 0.5) is 20.3 Å². The molecular weight excluding hydrogens is 492 g/mol. The monoisotopic (exact) mass is 523 g/mol. The van der Waals surface area contributed by atoms with Crippen LogP contribution in [0.5, 0.6) is 0 Å². The van der Waals surface area contributed by atoms with Crippen LogP contribution < -0.4 is 10.2 Å². The summed E-state index contributed by atoms with van der Waals surface area (Å²) in [4.78, 5) is 28.9. The van der Waals surface area contributed by atoms with Crippen molar-refractivity contribution < 1.29 is 23.5 Å². The maximum absolute atomic E-state index is 14.5. The summed E-state index contributed by atoms with van der Waals surface area (Å²) in [5, 5.41) is 19.6. The Labute approximate surface area is 219 Å². The van der Waals surface area contributed by atoms with Gasteiger partial charge in [-0.15, -0.1) is 0 Å². The van der Waals surface area contributed by atoms with Gasteiger partial charge in [-0.3, -0.25) is 19.6 Å². The molecule has 10 heteroatoms. The zero-order valence-corrected chi connectivity index (χ0v) is 21.2. The maximum atomic E-state index is 14.5. The summed E-state index contributed by atoms with van der Waals surface area (Å²) in [6, 6.07) is 14.2. The van der Waals surface area contributed by atoms with Crippen molar-refractivity contribution >= 4 is 23.3 Å². The molecule has 0 spiro atoms. The van der Waals surface area contributed by atoms with Gasteiger partial charge in [-0.25, -0.2) is 8.78 Å². The lowest BCUT2D eigenvalue weighted by atomic mass is 9.70. The van der Waals surface area contributed by atoms with Crippen LogP contribution in [-0.2, 0) is 15.0 Å². The molecule has 5 rings (SSSR count). The van der Waals surface area contributed by atoms with Gasteiger partial charge >= 0.3 is 0 Å². The van der Waals surface area contributed by atoms with Gasteiger partial charge in [0.05, 0.1) is 5.69 Å². The van der Waals surface area contributed by atoms with Crippen molar-refractivity contribution in [3.63, 3.8) is 0 Å². The van der Waals surface area contributed by atoms with E-state index in [0.717, 1.165) is 48.7 Å². The molecule has 2 heterocycles. The average Bonchev–Trinajstić information content (AvgIpc) is 3.68. The first kappa shape index (κ1) is 26.0. The normalized spacial score (nSPS) is 18.1. The Morgan fingerprint density at radius 1 is 1.16 bits per heavy atom. The van der Waals surface area contributed by atoms with E-state index in [4.69, 9.17) is 0 Å². The molecule has 2 aliphatic rings. The summed E-state index contributed by atoms with van der Waals surface area (Å²) < 4.78 is 27.9. The van der Waals surface area contributed by atoms with E-state index in [-0.39, 0.29) is 16.9 Å². The molecule has 1 aromatic heterocycles. The molecule has 200 valence electrons. The maximum Gasteiger partial charge on any atom is 0.253 e. The van der Waals surface area contributed by atoms with Crippen molar-refractivity contribution in [2.45, 2.75) is 50.1 Å². The number of likely N-dealkylation sites (tertiary alicyclic amines) is 1. The van der Waals surface area contributed by atoms with Gasteiger partial charge < -0.3 is 15.3 Å². The SMILES string of the molecule is C[C@@H](C(=O)Nc1cc(C2(c3ccccc3)CCN(C3CC3)CC2)[nH]n1)N(C(=O)CO)c1ccc(F)cc1F. The van der Waals surface area contributed by atoms with E-state index in [9.17, 15) is 23.5 Å². The molecule has 3 N–H and O–H groups in total. The van der Waals surface area contributed by atoms with E-state index in [2.05, 4.69) is 32.5 Å². The molecule has 2 amide bonds. The molecule has 2 aromatic carbocycles. The lowest BCUT2D eigenvalue weighted by molar-refractivity contribution is -0.125. The van der Waals surface area contributed by atoms with Crippen LogP contribution in [-0.4, -0.2) is 63.8 Å². The van der Waals surface area contributed by atoms with Crippen molar-refractivity contribution in [2.24, 2.45) is 0 Å². The van der Waals surface area contributed by atoms with Crippen molar-refractivity contribution in [3.05, 3.63) is 77.5 Å². The molecule has 1 aliphatic heterocycles. The highest BCUT2D eigenvalue weighted by Gasteiger charge is 2.42. The van der Waals surface area contributed by atoms with Crippen molar-refractivity contribution in [2.75, 3.05) is 29.9 Å². The Balaban J connectivity index is 1.37. The lowest BCUT2D eigenvalue weighted by Gasteiger charge is -2.42. The number of nitrogens with zero attached hydrogens (tertiary/aromatic N) is 3. The number of amides is 2. The number of carbonyl (C=O) groups is 2. The molecule has 2 fully saturated rings. The summed E-state index contributed by atoms with van der Waals surface area (Å²) in [7, 11) is 0. The van der Waals surface area contributed by atoms with E-state index >= 15 is 0 Å². The highest BCUT2D eigenvalue weighted by atomic mass is 19.1. The van der Waals surface area contributed by atoms with Crippen LogP contribution in [0.15, 0.2) is 54.6 Å². The van der Waals surface area contributed by atoms with Crippen molar-refractivity contribution in [1.29, 1.82) is 0 Å². The van der Waals surface area contributed by atoms with Gasteiger partial charge in [0.25, 0.3) is 5.91 Å².